The molecule has 3 saturated heterocycles. The smallest absolute Gasteiger partial charge is 0.305 e. The molecule has 3 aromatic carbocycles. The van der Waals surface area contributed by atoms with Gasteiger partial charge < -0.3 is 124 Å². The highest BCUT2D eigenvalue weighted by Crippen LogP contribution is 2.28. The number of imidazole rings is 1. The van der Waals surface area contributed by atoms with Crippen molar-refractivity contribution in [1.29, 1.82) is 0 Å². The van der Waals surface area contributed by atoms with Crippen molar-refractivity contribution in [2.75, 3.05) is 58.9 Å². The normalized spacial score (nSPS) is 25.0. The van der Waals surface area contributed by atoms with Gasteiger partial charge in [-0.3, -0.25) is 86.3 Å². The maximum atomic E-state index is 15.7. The molecule has 3 fully saturated rings. The number of rotatable bonds is 23. The highest BCUT2D eigenvalue weighted by atomic mass is 32.2. The molecule has 20 N–H and O–H groups in total. The average Bonchev–Trinajstić information content (AvgIpc) is 1.65. The molecule has 132 heavy (non-hydrogen) atoms. The number of aromatic nitrogens is 4. The van der Waals surface area contributed by atoms with E-state index in [1.165, 1.54) is 71.8 Å². The summed E-state index contributed by atoms with van der Waals surface area (Å²) in [4.78, 5) is 275. The number of aromatic hydroxyl groups is 1. The molecule has 9 rings (SSSR count). The van der Waals surface area contributed by atoms with E-state index >= 15 is 33.6 Å². The van der Waals surface area contributed by atoms with E-state index in [0.29, 0.717) is 58.7 Å². The number of benzene rings is 3. The number of carbonyl (C=O) groups excluding carboxylic acids is 17. The fourth-order valence-corrected chi connectivity index (χ4v) is 17.1. The van der Waals surface area contributed by atoms with Crippen molar-refractivity contribution in [3.05, 3.63) is 120 Å². The number of phenolic OH excluding ortho intramolecular Hbond substituents is 1. The summed E-state index contributed by atoms with van der Waals surface area (Å²) in [6, 6.07) is -3.05. The summed E-state index contributed by atoms with van der Waals surface area (Å²) in [5, 5.41) is 70.0. The van der Waals surface area contributed by atoms with Gasteiger partial charge in [-0.05, 0) is 86.9 Å². The number of thioether (sulfide) groups is 1. The zero-order valence-corrected chi connectivity index (χ0v) is 75.6. The molecular weight excluding hydrogens is 1740 g/mol. The number of aromatic amines is 2. The second-order valence-electron chi connectivity index (χ2n) is 33.4. The second-order valence-corrected chi connectivity index (χ2v) is 34.4. The van der Waals surface area contributed by atoms with E-state index in [1.54, 1.807) is 66.5 Å². The van der Waals surface area contributed by atoms with Gasteiger partial charge in [0.1, 0.15) is 90.3 Å². The van der Waals surface area contributed by atoms with E-state index < -0.39 is 260 Å². The number of primary amides is 2. The molecule has 6 aromatic rings. The number of amides is 17. The Hall–Kier alpha value is -13.5. The third kappa shape index (κ3) is 27.3. The monoisotopic (exact) mass is 1850 g/mol. The Bertz CT molecular complexity index is 5180. The van der Waals surface area contributed by atoms with Gasteiger partial charge in [0.2, 0.25) is 100 Å². The number of nitrogens with zero attached hydrogens (tertiary/aromatic N) is 7. The predicted octanol–water partition coefficient (Wildman–Crippen LogP) is -3.34. The lowest BCUT2D eigenvalue weighted by atomic mass is 10.00. The Morgan fingerprint density at radius 2 is 1.14 bits per heavy atom. The number of hydrogen-bond acceptors (Lipinski definition) is 23. The van der Waals surface area contributed by atoms with E-state index in [1.807, 2.05) is 19.9 Å². The van der Waals surface area contributed by atoms with Crippen molar-refractivity contribution >= 4 is 140 Å². The first kappa shape index (κ1) is 102. The van der Waals surface area contributed by atoms with Crippen LogP contribution in [0.25, 0.3) is 21.8 Å². The first-order chi connectivity index (χ1) is 62.8. The SMILES string of the molecule is CCCC[C@H]1C(=O)N(C)[C@@H](CCCC)C(=O)N[C@@H](C)C(=O)N[C@H](C(=O)NCC(N)=O)CSCC(=O)N[C@@H](Cc2ccc(O)cc2)C(=O)N(C)[C@@H](C)C(=O)N[C@H](CC(=O)O)C(=O)N2CCC[C@H]2C(=O)N[C@@H](Cc2c[nH]cn2)C(=O)N[C@@H](CCC(N)=O)C(=O)N2C[C@H](O)C[C@H]2C(=O)N[C@@H](Cc2c[nH]c3ccccc23)C(=O)N[C@@H](CO)C(=O)N[C@@H](Cc2cn(C)c3ccccc23)C(=O)N1C. The van der Waals surface area contributed by atoms with Gasteiger partial charge >= 0.3 is 5.97 Å². The Morgan fingerprint density at radius 1 is 0.561 bits per heavy atom. The average molecular weight is 1860 g/mol. The van der Waals surface area contributed by atoms with Crippen molar-refractivity contribution < 1.29 is 107 Å². The van der Waals surface area contributed by atoms with Crippen molar-refractivity contribution in [3.8, 4) is 5.75 Å². The molecule has 17 amide bonds. The number of aliphatic hydroxyl groups excluding tert-OH is 2. The van der Waals surface area contributed by atoms with Gasteiger partial charge in [0, 0.05) is 126 Å². The van der Waals surface area contributed by atoms with Crippen molar-refractivity contribution in [2.24, 2.45) is 18.5 Å². The largest absolute Gasteiger partial charge is 0.508 e. The van der Waals surface area contributed by atoms with Crippen LogP contribution in [0, 0.1) is 0 Å². The Labute approximate surface area is 764 Å². The Morgan fingerprint density at radius 3 is 1.80 bits per heavy atom. The number of carbonyl (C=O) groups is 18. The van der Waals surface area contributed by atoms with Gasteiger partial charge in [-0.15, -0.1) is 11.8 Å². The predicted molar refractivity (Wildman–Crippen MR) is 478 cm³/mol. The van der Waals surface area contributed by atoms with E-state index in [4.69, 9.17) is 11.5 Å². The number of nitrogens with one attached hydrogen (secondary N) is 12. The zero-order valence-electron chi connectivity index (χ0n) is 74.8. The zero-order chi connectivity index (χ0) is 96.5. The standard InChI is InChI=1S/C88H119N21O22S/c1-9-11-21-67-81(124)95-47(3)75(118)103-65(77(120)93-40-72(90)114)44-132-45-73(115)96-61(32-49-25-27-53(111)28-26-49)84(127)105(6)48(4)76(119)100-63(37-74(116)117)87(130)108-31-17-24-68(108)82(125)99-60(35-52-39-91-46-94-52)79(122)97-58(29-30-71(89)113)86(129)109-42-54(112)36-70(109)83(126)98-59(33-50-38-92-57-20-15-13-18-55(50)57)78(121)102-64(43-110)80(123)101-62(34-51-41-104(5)66-23-16-14-19-56(51)66)85(128)107(8)69(22-12-10-2)88(131)106(67)7/h13-16,18-20,23,25-28,38-39,41,46-48,54,58-65,67-70,92,110-112H,9-12,17,21-22,24,29-37,40,42-45H2,1-8H3,(H2,89,113)(H2,90,114)(H,91,94)(H,93,120)(H,95,124)(H,96,115)(H,97,122)(H,98,126)(H,99,125)(H,100,119)(H,101,123)(H,102,121)(H,103,118)(H,116,117)/t47-,48-,54+,58-,59-,60-,61-,62-,63+,64-,65-,67-,68-,69-,70-/m0/s1. The molecule has 43 nitrogen and oxygen atoms in total. The van der Waals surface area contributed by atoms with Crippen LogP contribution in [0.2, 0.25) is 0 Å². The molecule has 0 bridgehead atoms. The number of carboxylic acids is 1. The lowest BCUT2D eigenvalue weighted by Crippen LogP contribution is -2.61. The molecule has 3 aliphatic heterocycles. The Kier molecular flexibility index (Phi) is 37.1. The van der Waals surface area contributed by atoms with Crippen LogP contribution in [0.15, 0.2) is 97.7 Å². The van der Waals surface area contributed by atoms with Crippen LogP contribution in [0.1, 0.15) is 127 Å². The van der Waals surface area contributed by atoms with Gasteiger partial charge in [0.25, 0.3) is 0 Å². The van der Waals surface area contributed by atoms with E-state index in [9.17, 15) is 73.2 Å². The number of carboxylic acid groups (broad SMARTS) is 1. The number of para-hydroxylation sites is 2. The minimum absolute atomic E-state index is 0.000839. The van der Waals surface area contributed by atoms with Crippen molar-refractivity contribution in [3.63, 3.8) is 0 Å². The van der Waals surface area contributed by atoms with Crippen molar-refractivity contribution in [1.82, 2.24) is 97.2 Å². The van der Waals surface area contributed by atoms with Crippen molar-refractivity contribution in [2.45, 2.75) is 221 Å². The second kappa shape index (κ2) is 47.9. The van der Waals surface area contributed by atoms with Gasteiger partial charge in [-0.25, -0.2) is 4.98 Å². The first-order valence-corrected chi connectivity index (χ1v) is 44.9. The summed E-state index contributed by atoms with van der Waals surface area (Å²) in [7, 11) is 5.63. The Balaban J connectivity index is 1.09. The quantitative estimate of drug-likeness (QED) is 0.0298. The topological polar surface area (TPSA) is 626 Å². The fraction of sp³-hybridized carbons (Fsp3) is 0.511. The van der Waals surface area contributed by atoms with E-state index in [0.717, 1.165) is 41.8 Å². The fourth-order valence-electron chi connectivity index (χ4n) is 16.2. The number of H-pyrrole nitrogens is 2. The molecule has 0 unspecified atom stereocenters. The minimum Gasteiger partial charge on any atom is -0.508 e. The highest BCUT2D eigenvalue weighted by Gasteiger charge is 2.47. The third-order valence-electron chi connectivity index (χ3n) is 23.7. The van der Waals surface area contributed by atoms with Crippen LogP contribution < -0.4 is 64.6 Å². The molecule has 0 saturated carbocycles. The molecule has 3 aliphatic rings. The molecular formula is C88H119N21O22S. The number of aliphatic carboxylic acids is 1. The molecule has 0 spiro atoms. The van der Waals surface area contributed by atoms with Crippen LogP contribution in [0.3, 0.4) is 0 Å². The number of hydrogen-bond donors (Lipinski definition) is 18. The molecule has 714 valence electrons. The first-order valence-electron chi connectivity index (χ1n) is 43.7. The lowest BCUT2D eigenvalue weighted by molar-refractivity contribution is -0.149. The summed E-state index contributed by atoms with van der Waals surface area (Å²) in [5.41, 5.74) is 13.9. The van der Waals surface area contributed by atoms with E-state index in [-0.39, 0.29) is 62.9 Å². The van der Waals surface area contributed by atoms with Gasteiger partial charge in [-0.2, -0.15) is 0 Å². The van der Waals surface area contributed by atoms with E-state index in [2.05, 4.69) is 68.1 Å². The maximum Gasteiger partial charge on any atom is 0.305 e. The summed E-state index contributed by atoms with van der Waals surface area (Å²) in [6.45, 7) is 3.58. The highest BCUT2D eigenvalue weighted by molar-refractivity contribution is 8.00. The van der Waals surface area contributed by atoms with Crippen LogP contribution in [0.4, 0.5) is 0 Å². The van der Waals surface area contributed by atoms with Gasteiger partial charge in [0.15, 0.2) is 0 Å². The molecule has 44 heteroatoms. The summed E-state index contributed by atoms with van der Waals surface area (Å²) in [6.07, 6.45) is 2.22. The third-order valence-corrected chi connectivity index (χ3v) is 24.7. The van der Waals surface area contributed by atoms with Crippen LogP contribution >= 0.6 is 11.8 Å². The lowest BCUT2D eigenvalue weighted by Gasteiger charge is -2.36. The summed E-state index contributed by atoms with van der Waals surface area (Å²) in [5.74, 6) is -19.4. The minimum atomic E-state index is -1.93. The summed E-state index contributed by atoms with van der Waals surface area (Å²) < 4.78 is 1.79. The summed E-state index contributed by atoms with van der Waals surface area (Å²) >= 11 is 0.761. The number of fused-ring (bicyclic) bond motifs is 4. The number of unbranched alkanes of at least 4 members (excludes halogenated alkanes) is 2. The molecule has 0 aliphatic carbocycles. The van der Waals surface area contributed by atoms with Crippen LogP contribution in [-0.2, 0) is 119 Å². The van der Waals surface area contributed by atoms with Crippen LogP contribution in [0.5, 0.6) is 5.75 Å². The van der Waals surface area contributed by atoms with Crippen LogP contribution in [-0.4, -0.2) is 320 Å². The maximum absolute atomic E-state index is 15.7. The molecule has 15 atom stereocenters. The van der Waals surface area contributed by atoms with Gasteiger partial charge in [-0.1, -0.05) is 88.1 Å². The number of likely N-dealkylation sites (N-methyl/N-ethyl adjacent to an activating group) is 3. The van der Waals surface area contributed by atoms with Gasteiger partial charge in [0.05, 0.1) is 43.5 Å². The molecule has 0 radical (unpaired) electrons. The number of aliphatic hydroxyl groups is 2. The number of nitrogens with two attached hydrogens (primary N) is 2. The number of aryl methyl sites for hydroxylation is 1. The number of phenols is 1. The molecule has 3 aromatic heterocycles. The molecule has 6 heterocycles.